The lowest BCUT2D eigenvalue weighted by molar-refractivity contribution is 0.107. The van der Waals surface area contributed by atoms with Gasteiger partial charge in [-0.25, -0.2) is 0 Å². The monoisotopic (exact) mass is 351 g/mol. The molecule has 2 N–H and O–H groups in total. The predicted octanol–water partition coefficient (Wildman–Crippen LogP) is 3.96. The average molecular weight is 352 g/mol. The molecule has 0 fully saturated rings. The molecule has 104 valence electrons. The van der Waals surface area contributed by atoms with Gasteiger partial charge in [-0.1, -0.05) is 28.1 Å². The van der Waals surface area contributed by atoms with E-state index in [4.69, 9.17) is 15.2 Å². The summed E-state index contributed by atoms with van der Waals surface area (Å²) in [6, 6.07) is 13.6. The van der Waals surface area contributed by atoms with Gasteiger partial charge in [-0.2, -0.15) is 0 Å². The van der Waals surface area contributed by atoms with Crippen molar-refractivity contribution in [1.29, 1.82) is 0 Å². The third kappa shape index (κ3) is 3.04. The molecule has 3 rings (SSSR count). The van der Waals surface area contributed by atoms with E-state index in [9.17, 15) is 0 Å². The largest absolute Gasteiger partial charge is 0.486 e. The number of halogens is 1. The quantitative estimate of drug-likeness (QED) is 0.671. The molecule has 0 aromatic heterocycles. The third-order valence-electron chi connectivity index (χ3n) is 2.97. The maximum absolute atomic E-state index is 5.97. The number of para-hydroxylation sites is 2. The number of thioether (sulfide) groups is 1. The van der Waals surface area contributed by atoms with Crippen molar-refractivity contribution < 1.29 is 9.47 Å². The second kappa shape index (κ2) is 5.97. The van der Waals surface area contributed by atoms with E-state index in [1.54, 1.807) is 11.8 Å². The van der Waals surface area contributed by atoms with E-state index in [1.165, 1.54) is 0 Å². The van der Waals surface area contributed by atoms with Crippen molar-refractivity contribution >= 4 is 33.4 Å². The Labute approximate surface area is 130 Å². The minimum atomic E-state index is 0.0354. The summed E-state index contributed by atoms with van der Waals surface area (Å²) in [7, 11) is 0. The summed E-state index contributed by atoms with van der Waals surface area (Å²) >= 11 is 5.14. The minimum absolute atomic E-state index is 0.0354. The van der Waals surface area contributed by atoms with Crippen LogP contribution in [0, 0.1) is 0 Å². The van der Waals surface area contributed by atoms with Gasteiger partial charge >= 0.3 is 0 Å². The fourth-order valence-electron chi connectivity index (χ4n) is 1.96. The van der Waals surface area contributed by atoms with E-state index >= 15 is 0 Å². The average Bonchev–Trinajstić information content (AvgIpc) is 2.48. The summed E-state index contributed by atoms with van der Waals surface area (Å²) < 4.78 is 12.7. The van der Waals surface area contributed by atoms with Gasteiger partial charge in [0.15, 0.2) is 11.5 Å². The second-order valence-corrected chi connectivity index (χ2v) is 6.47. The molecule has 1 heterocycles. The standard InChI is InChI=1S/C15H14BrNO2S/c16-10-5-6-12(17)15(7-10)20-9-11-8-18-13-3-1-2-4-14(13)19-11/h1-7,11H,8-9,17H2. The molecule has 3 nitrogen and oxygen atoms in total. The molecule has 2 aromatic carbocycles. The summed E-state index contributed by atoms with van der Waals surface area (Å²) in [6.45, 7) is 0.567. The number of ether oxygens (including phenoxy) is 2. The summed E-state index contributed by atoms with van der Waals surface area (Å²) in [5.41, 5.74) is 6.76. The Morgan fingerprint density at radius 3 is 2.85 bits per heavy atom. The zero-order chi connectivity index (χ0) is 13.9. The zero-order valence-corrected chi connectivity index (χ0v) is 13.1. The minimum Gasteiger partial charge on any atom is -0.486 e. The van der Waals surface area contributed by atoms with Gasteiger partial charge in [-0.3, -0.25) is 0 Å². The van der Waals surface area contributed by atoms with Crippen LogP contribution in [0.4, 0.5) is 5.69 Å². The first-order chi connectivity index (χ1) is 9.72. The van der Waals surface area contributed by atoms with Crippen molar-refractivity contribution in [2.45, 2.75) is 11.0 Å². The molecule has 0 bridgehead atoms. The van der Waals surface area contributed by atoms with Crippen LogP contribution in [-0.4, -0.2) is 18.5 Å². The van der Waals surface area contributed by atoms with Crippen LogP contribution in [0.5, 0.6) is 11.5 Å². The molecule has 1 aliphatic heterocycles. The highest BCUT2D eigenvalue weighted by Crippen LogP contribution is 2.34. The van der Waals surface area contributed by atoms with E-state index in [2.05, 4.69) is 15.9 Å². The number of anilines is 1. The Morgan fingerprint density at radius 1 is 1.20 bits per heavy atom. The van der Waals surface area contributed by atoms with Gasteiger partial charge in [-0.05, 0) is 30.3 Å². The Hall–Kier alpha value is -1.33. The highest BCUT2D eigenvalue weighted by molar-refractivity contribution is 9.10. The molecule has 0 radical (unpaired) electrons. The zero-order valence-electron chi connectivity index (χ0n) is 10.7. The Morgan fingerprint density at radius 2 is 2.00 bits per heavy atom. The summed E-state index contributed by atoms with van der Waals surface area (Å²) in [4.78, 5) is 1.06. The molecule has 5 heteroatoms. The molecule has 1 unspecified atom stereocenters. The lowest BCUT2D eigenvalue weighted by Crippen LogP contribution is -2.31. The Balaban J connectivity index is 1.64. The Kier molecular flexibility index (Phi) is 4.08. The number of nitrogen functional groups attached to an aromatic ring is 1. The first-order valence-corrected chi connectivity index (χ1v) is 8.06. The first-order valence-electron chi connectivity index (χ1n) is 6.28. The van der Waals surface area contributed by atoms with Crippen molar-refractivity contribution in [3.8, 4) is 11.5 Å². The van der Waals surface area contributed by atoms with Crippen LogP contribution in [0.1, 0.15) is 0 Å². The normalized spacial score (nSPS) is 16.9. The second-order valence-electron chi connectivity index (χ2n) is 4.49. The van der Waals surface area contributed by atoms with Gasteiger partial charge in [0, 0.05) is 20.8 Å². The van der Waals surface area contributed by atoms with Crippen molar-refractivity contribution in [2.75, 3.05) is 18.1 Å². The van der Waals surface area contributed by atoms with E-state index in [1.807, 2.05) is 42.5 Å². The fourth-order valence-corrected chi connectivity index (χ4v) is 3.45. The molecule has 0 saturated heterocycles. The van der Waals surface area contributed by atoms with Crippen molar-refractivity contribution in [1.82, 2.24) is 0 Å². The van der Waals surface area contributed by atoms with Crippen LogP contribution in [0.15, 0.2) is 51.8 Å². The predicted molar refractivity (Wildman–Crippen MR) is 85.6 cm³/mol. The third-order valence-corrected chi connectivity index (χ3v) is 4.66. The highest BCUT2D eigenvalue weighted by atomic mass is 79.9. The van der Waals surface area contributed by atoms with Gasteiger partial charge in [0.2, 0.25) is 0 Å². The van der Waals surface area contributed by atoms with Crippen molar-refractivity contribution in [3.63, 3.8) is 0 Å². The molecule has 1 atom stereocenters. The lowest BCUT2D eigenvalue weighted by atomic mass is 10.3. The summed E-state index contributed by atoms with van der Waals surface area (Å²) in [5.74, 6) is 2.43. The van der Waals surface area contributed by atoms with Crippen molar-refractivity contribution in [2.24, 2.45) is 0 Å². The Bertz CT molecular complexity index is 621. The maximum atomic E-state index is 5.97. The van der Waals surface area contributed by atoms with E-state index in [-0.39, 0.29) is 6.10 Å². The molecule has 20 heavy (non-hydrogen) atoms. The maximum Gasteiger partial charge on any atom is 0.161 e. The number of rotatable bonds is 3. The van der Waals surface area contributed by atoms with Crippen LogP contribution < -0.4 is 15.2 Å². The lowest BCUT2D eigenvalue weighted by Gasteiger charge is -2.26. The molecule has 2 aromatic rings. The van der Waals surface area contributed by atoms with Crippen LogP contribution >= 0.6 is 27.7 Å². The van der Waals surface area contributed by atoms with E-state index in [0.717, 1.165) is 32.3 Å². The summed E-state index contributed by atoms with van der Waals surface area (Å²) in [6.07, 6.45) is 0.0354. The van der Waals surface area contributed by atoms with E-state index < -0.39 is 0 Å². The van der Waals surface area contributed by atoms with Gasteiger partial charge in [0.1, 0.15) is 12.7 Å². The van der Waals surface area contributed by atoms with Gasteiger partial charge < -0.3 is 15.2 Å². The van der Waals surface area contributed by atoms with Gasteiger partial charge in [0.25, 0.3) is 0 Å². The van der Waals surface area contributed by atoms with Crippen molar-refractivity contribution in [3.05, 3.63) is 46.9 Å². The molecule has 0 spiro atoms. The number of benzene rings is 2. The number of nitrogens with two attached hydrogens (primary N) is 1. The van der Waals surface area contributed by atoms with Gasteiger partial charge in [0.05, 0.1) is 0 Å². The van der Waals surface area contributed by atoms with Crippen LogP contribution in [0.2, 0.25) is 0 Å². The molecule has 1 aliphatic rings. The molecule has 0 aliphatic carbocycles. The van der Waals surface area contributed by atoms with E-state index in [0.29, 0.717) is 6.61 Å². The molecular formula is C15H14BrNO2S. The van der Waals surface area contributed by atoms with Crippen LogP contribution in [0.25, 0.3) is 0 Å². The number of hydrogen-bond donors (Lipinski definition) is 1. The first kappa shape index (κ1) is 13.6. The summed E-state index contributed by atoms with van der Waals surface area (Å²) in [5, 5.41) is 0. The van der Waals surface area contributed by atoms with Gasteiger partial charge in [-0.15, -0.1) is 11.8 Å². The van der Waals surface area contributed by atoms with Crippen LogP contribution in [0.3, 0.4) is 0 Å². The highest BCUT2D eigenvalue weighted by Gasteiger charge is 2.20. The fraction of sp³-hybridized carbons (Fsp3) is 0.200. The van der Waals surface area contributed by atoms with Crippen LogP contribution in [-0.2, 0) is 0 Å². The smallest absolute Gasteiger partial charge is 0.161 e. The molecular weight excluding hydrogens is 338 g/mol. The number of hydrogen-bond acceptors (Lipinski definition) is 4. The number of fused-ring (bicyclic) bond motifs is 1. The molecule has 0 saturated carbocycles. The SMILES string of the molecule is Nc1ccc(Br)cc1SCC1COc2ccccc2O1. The molecule has 0 amide bonds. The topological polar surface area (TPSA) is 44.5 Å².